The SMILES string of the molecule is COCC(C)CC(=O)Nc1ccc(CN)c(C(F)(F)F)c1. The standard InChI is InChI=1S/C14H19F3N2O2/c1-9(8-21-2)5-13(20)19-11-4-3-10(7-18)12(6-11)14(15,16)17/h3-4,6,9H,5,7-8,18H2,1-2H3,(H,19,20). The summed E-state index contributed by atoms with van der Waals surface area (Å²) in [5.74, 6) is -0.367. The third kappa shape index (κ3) is 5.35. The molecule has 118 valence electrons. The van der Waals surface area contributed by atoms with Gasteiger partial charge >= 0.3 is 6.18 Å². The maximum atomic E-state index is 12.9. The summed E-state index contributed by atoms with van der Waals surface area (Å²) in [5, 5.41) is 2.46. The molecule has 1 rings (SSSR count). The van der Waals surface area contributed by atoms with Crippen molar-refractivity contribution in [3.63, 3.8) is 0 Å². The summed E-state index contributed by atoms with van der Waals surface area (Å²) in [7, 11) is 1.52. The molecule has 0 spiro atoms. The molecule has 1 atom stereocenters. The minimum atomic E-state index is -4.50. The van der Waals surface area contributed by atoms with Crippen LogP contribution in [0.2, 0.25) is 0 Å². The third-order valence-electron chi connectivity index (χ3n) is 2.90. The summed E-state index contributed by atoms with van der Waals surface area (Å²) in [4.78, 5) is 11.7. The van der Waals surface area contributed by atoms with Crippen molar-refractivity contribution in [2.45, 2.75) is 26.1 Å². The van der Waals surface area contributed by atoms with Gasteiger partial charge in [0.15, 0.2) is 0 Å². The summed E-state index contributed by atoms with van der Waals surface area (Å²) < 4.78 is 43.5. The van der Waals surface area contributed by atoms with Crippen LogP contribution >= 0.6 is 0 Å². The molecule has 0 aromatic heterocycles. The van der Waals surface area contributed by atoms with Crippen LogP contribution in [0, 0.1) is 5.92 Å². The van der Waals surface area contributed by atoms with Gasteiger partial charge in [0.1, 0.15) is 0 Å². The number of nitrogens with one attached hydrogen (secondary N) is 1. The average Bonchev–Trinajstić information content (AvgIpc) is 2.37. The number of nitrogens with two attached hydrogens (primary N) is 1. The first kappa shape index (κ1) is 17.5. The number of ether oxygens (including phenoxy) is 1. The van der Waals surface area contributed by atoms with Gasteiger partial charge in [0, 0.05) is 32.4 Å². The van der Waals surface area contributed by atoms with E-state index in [1.807, 2.05) is 6.92 Å². The van der Waals surface area contributed by atoms with Crippen molar-refractivity contribution < 1.29 is 22.7 Å². The molecule has 4 nitrogen and oxygen atoms in total. The molecule has 0 aliphatic carbocycles. The zero-order chi connectivity index (χ0) is 16.0. The molecule has 21 heavy (non-hydrogen) atoms. The van der Waals surface area contributed by atoms with Crippen LogP contribution < -0.4 is 11.1 Å². The Morgan fingerprint density at radius 1 is 1.43 bits per heavy atom. The van der Waals surface area contributed by atoms with Crippen LogP contribution in [0.25, 0.3) is 0 Å². The highest BCUT2D eigenvalue weighted by molar-refractivity contribution is 5.91. The predicted octanol–water partition coefficient (Wildman–Crippen LogP) is 2.78. The lowest BCUT2D eigenvalue weighted by Gasteiger charge is -2.15. The lowest BCUT2D eigenvalue weighted by Crippen LogP contribution is -2.18. The highest BCUT2D eigenvalue weighted by Gasteiger charge is 2.33. The van der Waals surface area contributed by atoms with Crippen LogP contribution in [-0.2, 0) is 22.3 Å². The van der Waals surface area contributed by atoms with E-state index in [2.05, 4.69) is 5.32 Å². The maximum Gasteiger partial charge on any atom is 0.416 e. The minimum absolute atomic E-state index is 0.00625. The number of hydrogen-bond donors (Lipinski definition) is 2. The van der Waals surface area contributed by atoms with Gasteiger partial charge in [0.2, 0.25) is 5.91 Å². The third-order valence-corrected chi connectivity index (χ3v) is 2.90. The zero-order valence-electron chi connectivity index (χ0n) is 12.0. The van der Waals surface area contributed by atoms with Crippen LogP contribution in [0.15, 0.2) is 18.2 Å². The van der Waals surface area contributed by atoms with Crippen molar-refractivity contribution >= 4 is 11.6 Å². The normalized spacial score (nSPS) is 13.0. The largest absolute Gasteiger partial charge is 0.416 e. The molecule has 7 heteroatoms. The number of anilines is 1. The van der Waals surface area contributed by atoms with Gasteiger partial charge in [-0.3, -0.25) is 4.79 Å². The number of carbonyl (C=O) groups is 1. The Morgan fingerprint density at radius 3 is 2.62 bits per heavy atom. The molecule has 1 aromatic carbocycles. The van der Waals surface area contributed by atoms with Gasteiger partial charge in [-0.2, -0.15) is 13.2 Å². The molecule has 0 fully saturated rings. The Bertz CT molecular complexity index is 490. The van der Waals surface area contributed by atoms with Crippen LogP contribution in [0.5, 0.6) is 0 Å². The first-order valence-corrected chi connectivity index (χ1v) is 6.47. The monoisotopic (exact) mass is 304 g/mol. The van der Waals surface area contributed by atoms with Crippen molar-refractivity contribution in [1.82, 2.24) is 0 Å². The zero-order valence-corrected chi connectivity index (χ0v) is 12.0. The molecule has 1 unspecified atom stereocenters. The second-order valence-corrected chi connectivity index (χ2v) is 4.89. The average molecular weight is 304 g/mol. The highest BCUT2D eigenvalue weighted by atomic mass is 19.4. The van der Waals surface area contributed by atoms with E-state index in [9.17, 15) is 18.0 Å². The van der Waals surface area contributed by atoms with Crippen LogP contribution in [0.3, 0.4) is 0 Å². The van der Waals surface area contributed by atoms with Crippen molar-refractivity contribution in [1.29, 1.82) is 0 Å². The quantitative estimate of drug-likeness (QED) is 0.849. The van der Waals surface area contributed by atoms with Gasteiger partial charge in [0.05, 0.1) is 5.56 Å². The van der Waals surface area contributed by atoms with E-state index in [0.29, 0.717) is 6.61 Å². The Hall–Kier alpha value is -1.60. The van der Waals surface area contributed by atoms with E-state index in [1.54, 1.807) is 0 Å². The molecular weight excluding hydrogens is 285 g/mol. The van der Waals surface area contributed by atoms with Gasteiger partial charge in [0.25, 0.3) is 0 Å². The fourth-order valence-corrected chi connectivity index (χ4v) is 1.97. The van der Waals surface area contributed by atoms with Gasteiger partial charge in [-0.15, -0.1) is 0 Å². The molecule has 1 aromatic rings. The molecule has 0 aliphatic rings. The molecule has 0 radical (unpaired) electrons. The molecule has 0 bridgehead atoms. The summed E-state index contributed by atoms with van der Waals surface area (Å²) >= 11 is 0. The predicted molar refractivity (Wildman–Crippen MR) is 73.6 cm³/mol. The lowest BCUT2D eigenvalue weighted by atomic mass is 10.1. The molecule has 1 amide bonds. The number of amides is 1. The second-order valence-electron chi connectivity index (χ2n) is 4.89. The van der Waals surface area contributed by atoms with E-state index in [1.165, 1.54) is 19.2 Å². The van der Waals surface area contributed by atoms with Gasteiger partial charge in [-0.25, -0.2) is 0 Å². The van der Waals surface area contributed by atoms with Gasteiger partial charge in [-0.1, -0.05) is 13.0 Å². The number of benzene rings is 1. The van der Waals surface area contributed by atoms with E-state index < -0.39 is 11.7 Å². The smallest absolute Gasteiger partial charge is 0.384 e. The van der Waals surface area contributed by atoms with E-state index in [-0.39, 0.29) is 36.0 Å². The number of methoxy groups -OCH3 is 1. The van der Waals surface area contributed by atoms with Crippen molar-refractivity contribution in [2.75, 3.05) is 19.0 Å². The topological polar surface area (TPSA) is 64.3 Å². The summed E-state index contributed by atoms with van der Waals surface area (Å²) in [6.45, 7) is 2.02. The Morgan fingerprint density at radius 2 is 2.10 bits per heavy atom. The maximum absolute atomic E-state index is 12.9. The van der Waals surface area contributed by atoms with Crippen LogP contribution in [-0.4, -0.2) is 19.6 Å². The number of rotatable bonds is 6. The fourth-order valence-electron chi connectivity index (χ4n) is 1.97. The van der Waals surface area contributed by atoms with Crippen molar-refractivity contribution in [2.24, 2.45) is 11.7 Å². The number of hydrogen-bond acceptors (Lipinski definition) is 3. The Balaban J connectivity index is 2.83. The summed E-state index contributed by atoms with van der Waals surface area (Å²) in [6, 6.07) is 3.59. The van der Waals surface area contributed by atoms with Gasteiger partial charge in [-0.05, 0) is 23.6 Å². The molecule has 0 aliphatic heterocycles. The first-order chi connectivity index (χ1) is 9.77. The second kappa shape index (κ2) is 7.42. The van der Waals surface area contributed by atoms with Gasteiger partial charge < -0.3 is 15.8 Å². The fraction of sp³-hybridized carbons (Fsp3) is 0.500. The minimum Gasteiger partial charge on any atom is -0.384 e. The number of carbonyl (C=O) groups excluding carboxylic acids is 1. The molecular formula is C14H19F3N2O2. The van der Waals surface area contributed by atoms with Crippen molar-refractivity contribution in [3.8, 4) is 0 Å². The molecule has 0 saturated heterocycles. The Kier molecular flexibility index (Phi) is 6.17. The summed E-state index contributed by atoms with van der Waals surface area (Å²) in [5.41, 5.74) is 4.57. The number of halogens is 3. The van der Waals surface area contributed by atoms with Crippen LogP contribution in [0.1, 0.15) is 24.5 Å². The summed E-state index contributed by atoms with van der Waals surface area (Å²) in [6.07, 6.45) is -4.33. The van der Waals surface area contributed by atoms with E-state index in [0.717, 1.165) is 6.07 Å². The first-order valence-electron chi connectivity index (χ1n) is 6.47. The van der Waals surface area contributed by atoms with E-state index >= 15 is 0 Å². The van der Waals surface area contributed by atoms with Crippen molar-refractivity contribution in [3.05, 3.63) is 29.3 Å². The molecule has 3 N–H and O–H groups in total. The van der Waals surface area contributed by atoms with Crippen LogP contribution in [0.4, 0.5) is 18.9 Å². The Labute approximate surface area is 121 Å². The molecule has 0 saturated carbocycles. The van der Waals surface area contributed by atoms with E-state index in [4.69, 9.17) is 10.5 Å². The lowest BCUT2D eigenvalue weighted by molar-refractivity contribution is -0.138. The molecule has 0 heterocycles. The number of alkyl halides is 3. The highest BCUT2D eigenvalue weighted by Crippen LogP contribution is 2.33.